The van der Waals surface area contributed by atoms with Crippen LogP contribution in [0, 0.1) is 5.92 Å². The van der Waals surface area contributed by atoms with E-state index in [4.69, 9.17) is 4.74 Å². The second-order valence-electron chi connectivity index (χ2n) is 4.18. The van der Waals surface area contributed by atoms with Gasteiger partial charge >= 0.3 is 0 Å². The highest BCUT2D eigenvalue weighted by molar-refractivity contribution is 5.87. The molecule has 1 saturated heterocycles. The van der Waals surface area contributed by atoms with E-state index >= 15 is 0 Å². The molecule has 0 spiro atoms. The predicted octanol–water partition coefficient (Wildman–Crippen LogP) is 2.31. The van der Waals surface area contributed by atoms with Gasteiger partial charge in [0.25, 0.3) is 0 Å². The van der Waals surface area contributed by atoms with Gasteiger partial charge in [0, 0.05) is 11.5 Å². The largest absolute Gasteiger partial charge is 0.376 e. The van der Waals surface area contributed by atoms with Crippen molar-refractivity contribution in [3.05, 3.63) is 46.5 Å². The van der Waals surface area contributed by atoms with Gasteiger partial charge in [-0.3, -0.25) is 4.79 Å². The summed E-state index contributed by atoms with van der Waals surface area (Å²) in [4.78, 5) is 11.1. The Morgan fingerprint density at radius 3 is 2.69 bits per heavy atom. The van der Waals surface area contributed by atoms with Gasteiger partial charge in [-0.25, -0.2) is 0 Å². The minimum Gasteiger partial charge on any atom is -0.376 e. The maximum atomic E-state index is 11.1. The number of carbonyl (C=O) groups is 1. The zero-order valence-corrected chi connectivity index (χ0v) is 8.85. The molecule has 0 aromatic heterocycles. The average molecular weight is 212 g/mol. The Morgan fingerprint density at radius 1 is 1.19 bits per heavy atom. The minimum absolute atomic E-state index is 0.157. The number of fused-ring (bicyclic) bond motifs is 2. The van der Waals surface area contributed by atoms with Crippen LogP contribution in [0.25, 0.3) is 12.2 Å². The van der Waals surface area contributed by atoms with Gasteiger partial charge in [-0.15, -0.1) is 0 Å². The van der Waals surface area contributed by atoms with Crippen molar-refractivity contribution in [1.82, 2.24) is 0 Å². The smallest absolute Gasteiger partial charge is 0.146 e. The van der Waals surface area contributed by atoms with Gasteiger partial charge in [-0.2, -0.15) is 0 Å². The van der Waals surface area contributed by atoms with Crippen molar-refractivity contribution >= 4 is 18.4 Å². The lowest BCUT2D eigenvalue weighted by Gasteiger charge is -2.06. The number of hydrogen-bond acceptors (Lipinski definition) is 2. The molecule has 1 fully saturated rings. The van der Waals surface area contributed by atoms with Crippen molar-refractivity contribution in [3.63, 3.8) is 0 Å². The first-order chi connectivity index (χ1) is 7.88. The molecule has 80 valence electrons. The van der Waals surface area contributed by atoms with Gasteiger partial charge < -0.3 is 4.74 Å². The molecule has 1 atom stereocenters. The van der Waals surface area contributed by atoms with Crippen molar-refractivity contribution in [2.24, 2.45) is 5.92 Å². The molecule has 16 heavy (non-hydrogen) atoms. The summed E-state index contributed by atoms with van der Waals surface area (Å²) in [5.41, 5.74) is 4.33. The van der Waals surface area contributed by atoms with Crippen LogP contribution in [0.15, 0.2) is 35.4 Å². The molecule has 2 nitrogen and oxygen atoms in total. The van der Waals surface area contributed by atoms with Gasteiger partial charge in [0.2, 0.25) is 0 Å². The number of aldehydes is 1. The molecule has 1 aliphatic carbocycles. The highest BCUT2D eigenvalue weighted by atomic mass is 16.5. The first-order valence-electron chi connectivity index (χ1n) is 5.42. The molecular formula is C14H12O2. The molecule has 0 bridgehead atoms. The molecule has 2 heteroatoms. The molecular weight excluding hydrogens is 200 g/mol. The van der Waals surface area contributed by atoms with Crippen molar-refractivity contribution < 1.29 is 9.53 Å². The fraction of sp³-hybridized carbons (Fsp3) is 0.214. The van der Waals surface area contributed by atoms with Crippen molar-refractivity contribution in [3.8, 4) is 0 Å². The third-order valence-electron chi connectivity index (χ3n) is 3.20. The normalized spacial score (nSPS) is 22.6. The average Bonchev–Trinajstić information content (AvgIpc) is 2.70. The van der Waals surface area contributed by atoms with Gasteiger partial charge in [-0.05, 0) is 22.8 Å². The zero-order chi connectivity index (χ0) is 11.0. The van der Waals surface area contributed by atoms with E-state index in [-0.39, 0.29) is 5.92 Å². The molecule has 0 saturated carbocycles. The number of hydrogen-bond donors (Lipinski definition) is 0. The Hall–Kier alpha value is -1.67. The monoisotopic (exact) mass is 212 g/mol. The standard InChI is InChI=1S/C14H12O2/c15-7-12-5-10-3-1-2-4-11(10)6-13-8-16-9-14(12)13/h1-7,14H,8-9H2. The summed E-state index contributed by atoms with van der Waals surface area (Å²) in [5, 5.41) is 0. The second kappa shape index (κ2) is 3.72. The third-order valence-corrected chi connectivity index (χ3v) is 3.20. The van der Waals surface area contributed by atoms with Crippen LogP contribution in [-0.4, -0.2) is 19.5 Å². The molecule has 0 radical (unpaired) electrons. The molecule has 1 aliphatic heterocycles. The molecule has 0 amide bonds. The van der Waals surface area contributed by atoms with Crippen LogP contribution in [0.5, 0.6) is 0 Å². The Morgan fingerprint density at radius 2 is 1.94 bits per heavy atom. The number of ether oxygens (including phenoxy) is 1. The van der Waals surface area contributed by atoms with E-state index in [1.807, 2.05) is 24.3 Å². The Kier molecular flexibility index (Phi) is 2.22. The quantitative estimate of drug-likeness (QED) is 0.668. The summed E-state index contributed by atoms with van der Waals surface area (Å²) in [6.07, 6.45) is 5.08. The van der Waals surface area contributed by atoms with Gasteiger partial charge in [0.15, 0.2) is 0 Å². The molecule has 1 heterocycles. The molecule has 1 unspecified atom stereocenters. The van der Waals surface area contributed by atoms with Crippen LogP contribution in [0.2, 0.25) is 0 Å². The maximum Gasteiger partial charge on any atom is 0.146 e. The zero-order valence-electron chi connectivity index (χ0n) is 8.85. The Bertz CT molecular complexity index is 497. The topological polar surface area (TPSA) is 26.3 Å². The van der Waals surface area contributed by atoms with Crippen LogP contribution in [0.3, 0.4) is 0 Å². The Labute approximate surface area is 94.2 Å². The maximum absolute atomic E-state index is 11.1. The van der Waals surface area contributed by atoms with Gasteiger partial charge in [-0.1, -0.05) is 30.3 Å². The van der Waals surface area contributed by atoms with Crippen molar-refractivity contribution in [1.29, 1.82) is 0 Å². The lowest BCUT2D eigenvalue weighted by Crippen LogP contribution is -2.06. The fourth-order valence-corrected chi connectivity index (χ4v) is 2.32. The molecule has 1 aromatic rings. The van der Waals surface area contributed by atoms with Crippen LogP contribution < -0.4 is 0 Å². The number of rotatable bonds is 1. The van der Waals surface area contributed by atoms with Crippen LogP contribution in [-0.2, 0) is 9.53 Å². The summed E-state index contributed by atoms with van der Waals surface area (Å²) in [6, 6.07) is 8.12. The van der Waals surface area contributed by atoms with Crippen molar-refractivity contribution in [2.45, 2.75) is 0 Å². The molecule has 2 aliphatic rings. The molecule has 0 N–H and O–H groups in total. The summed E-state index contributed by atoms with van der Waals surface area (Å²) in [7, 11) is 0. The van der Waals surface area contributed by atoms with E-state index in [0.29, 0.717) is 13.2 Å². The highest BCUT2D eigenvalue weighted by Crippen LogP contribution is 2.33. The predicted molar refractivity (Wildman–Crippen MR) is 62.8 cm³/mol. The minimum atomic E-state index is 0.157. The van der Waals surface area contributed by atoms with E-state index in [9.17, 15) is 4.79 Å². The first kappa shape index (κ1) is 9.55. The first-order valence-corrected chi connectivity index (χ1v) is 5.42. The van der Waals surface area contributed by atoms with E-state index in [2.05, 4.69) is 12.1 Å². The van der Waals surface area contributed by atoms with Gasteiger partial charge in [0.05, 0.1) is 13.2 Å². The highest BCUT2D eigenvalue weighted by Gasteiger charge is 2.27. The summed E-state index contributed by atoms with van der Waals surface area (Å²) < 4.78 is 5.43. The van der Waals surface area contributed by atoms with Crippen LogP contribution >= 0.6 is 0 Å². The summed E-state index contributed by atoms with van der Waals surface area (Å²) in [5.74, 6) is 0.157. The fourth-order valence-electron chi connectivity index (χ4n) is 2.32. The Balaban J connectivity index is 2.21. The second-order valence-corrected chi connectivity index (χ2v) is 4.18. The van der Waals surface area contributed by atoms with Crippen LogP contribution in [0.4, 0.5) is 0 Å². The van der Waals surface area contributed by atoms with Gasteiger partial charge in [0.1, 0.15) is 6.29 Å². The summed E-state index contributed by atoms with van der Waals surface area (Å²) >= 11 is 0. The number of carbonyl (C=O) groups excluding carboxylic acids is 1. The third kappa shape index (κ3) is 1.42. The number of benzene rings is 1. The SMILES string of the molecule is O=CC1=Cc2ccccc2C=C2COCC12. The molecule has 1 aromatic carbocycles. The molecule has 3 rings (SSSR count). The van der Waals surface area contributed by atoms with E-state index < -0.39 is 0 Å². The van der Waals surface area contributed by atoms with E-state index in [1.54, 1.807) is 0 Å². The van der Waals surface area contributed by atoms with E-state index in [1.165, 1.54) is 11.1 Å². The van der Waals surface area contributed by atoms with Crippen molar-refractivity contribution in [2.75, 3.05) is 13.2 Å². The lowest BCUT2D eigenvalue weighted by atomic mass is 9.95. The lowest BCUT2D eigenvalue weighted by molar-refractivity contribution is -0.105. The van der Waals surface area contributed by atoms with Crippen LogP contribution in [0.1, 0.15) is 11.1 Å². The van der Waals surface area contributed by atoms with E-state index in [0.717, 1.165) is 17.4 Å². The summed E-state index contributed by atoms with van der Waals surface area (Å²) in [6.45, 7) is 1.27.